The van der Waals surface area contributed by atoms with Crippen LogP contribution in [0.3, 0.4) is 0 Å². The van der Waals surface area contributed by atoms with E-state index in [1.165, 1.54) is 11.8 Å². The van der Waals surface area contributed by atoms with Gasteiger partial charge in [0.05, 0.1) is 0 Å². The quantitative estimate of drug-likeness (QED) is 0.840. The van der Waals surface area contributed by atoms with Crippen LogP contribution in [0.25, 0.3) is 0 Å². The molecule has 19 heavy (non-hydrogen) atoms. The Bertz CT molecular complexity index is 592. The normalized spacial score (nSPS) is 14.4. The van der Waals surface area contributed by atoms with Crippen molar-refractivity contribution in [3.8, 4) is 0 Å². The van der Waals surface area contributed by atoms with E-state index in [1.54, 1.807) is 0 Å². The van der Waals surface area contributed by atoms with Crippen molar-refractivity contribution < 1.29 is 26.4 Å². The number of nitrogens with one attached hydrogen (secondary N) is 1. The average molecular weight is 299 g/mol. The smallest absolute Gasteiger partial charge is 0.364 e. The largest absolute Gasteiger partial charge is 0.404 e. The maximum Gasteiger partial charge on any atom is 0.404 e. The molecule has 0 radical (unpaired) electrons. The van der Waals surface area contributed by atoms with Crippen molar-refractivity contribution in [2.24, 2.45) is 12.8 Å². The molecule has 6 nitrogen and oxygen atoms in total. The summed E-state index contributed by atoms with van der Waals surface area (Å²) in [6.07, 6.45) is -3.69. The van der Waals surface area contributed by atoms with Crippen molar-refractivity contribution >= 4 is 15.9 Å². The molecule has 1 atom stereocenters. The molecule has 0 fully saturated rings. The molecule has 0 spiro atoms. The van der Waals surface area contributed by atoms with E-state index in [0.29, 0.717) is 6.92 Å². The van der Waals surface area contributed by atoms with Crippen LogP contribution in [0.15, 0.2) is 17.2 Å². The van der Waals surface area contributed by atoms with E-state index in [0.717, 1.165) is 16.8 Å². The number of nitrogens with two attached hydrogens (primary N) is 1. The van der Waals surface area contributed by atoms with Crippen molar-refractivity contribution in [1.29, 1.82) is 0 Å². The topological polar surface area (TPSA) is 94.2 Å². The lowest BCUT2D eigenvalue weighted by Crippen LogP contribution is -2.42. The van der Waals surface area contributed by atoms with E-state index in [1.807, 2.05) is 0 Å². The van der Waals surface area contributed by atoms with Crippen LogP contribution in [0, 0.1) is 0 Å². The van der Waals surface area contributed by atoms with Gasteiger partial charge in [-0.1, -0.05) is 0 Å². The van der Waals surface area contributed by atoms with E-state index >= 15 is 0 Å². The SMILES string of the molecule is C[C@H](NS(=O)(=O)c1cc(C(N)=O)n(C)c1)C(F)(F)F. The van der Waals surface area contributed by atoms with E-state index < -0.39 is 33.0 Å². The average Bonchev–Trinajstić information content (AvgIpc) is 2.58. The molecule has 1 aromatic rings. The summed E-state index contributed by atoms with van der Waals surface area (Å²) in [5.41, 5.74) is 4.86. The molecule has 0 saturated heterocycles. The molecular weight excluding hydrogens is 287 g/mol. The first-order valence-electron chi connectivity index (χ1n) is 5.00. The second-order valence-electron chi connectivity index (χ2n) is 3.92. The third-order valence-electron chi connectivity index (χ3n) is 2.37. The lowest BCUT2D eigenvalue weighted by atomic mass is 10.4. The summed E-state index contributed by atoms with van der Waals surface area (Å²) in [4.78, 5) is 10.5. The first-order chi connectivity index (χ1) is 8.45. The van der Waals surface area contributed by atoms with Gasteiger partial charge in [-0.3, -0.25) is 4.79 Å². The van der Waals surface area contributed by atoms with E-state index in [9.17, 15) is 26.4 Å². The van der Waals surface area contributed by atoms with Gasteiger partial charge >= 0.3 is 6.18 Å². The Hall–Kier alpha value is -1.55. The number of carbonyl (C=O) groups excluding carboxylic acids is 1. The Morgan fingerprint density at radius 2 is 2.00 bits per heavy atom. The Kier molecular flexibility index (Phi) is 3.96. The Balaban J connectivity index is 3.08. The second-order valence-corrected chi connectivity index (χ2v) is 5.63. The number of aryl methyl sites for hydroxylation is 1. The van der Waals surface area contributed by atoms with Crippen molar-refractivity contribution in [2.45, 2.75) is 24.0 Å². The van der Waals surface area contributed by atoms with Gasteiger partial charge < -0.3 is 10.3 Å². The van der Waals surface area contributed by atoms with Crippen LogP contribution in [-0.2, 0) is 17.1 Å². The Labute approximate surface area is 107 Å². The molecule has 1 rings (SSSR count). The fourth-order valence-corrected chi connectivity index (χ4v) is 2.59. The maximum atomic E-state index is 12.3. The summed E-state index contributed by atoms with van der Waals surface area (Å²) in [5, 5.41) is 0. The molecule has 0 aliphatic rings. The number of rotatable bonds is 4. The molecule has 1 heterocycles. The number of carbonyl (C=O) groups is 1. The lowest BCUT2D eigenvalue weighted by Gasteiger charge is -2.16. The minimum atomic E-state index is -4.70. The standard InChI is InChI=1S/C9H12F3N3O3S/c1-5(9(10,11)12)14-19(17,18)6-3-7(8(13)16)15(2)4-6/h3-5,14H,1-2H3,(H2,13,16)/t5-/m0/s1. The number of hydrogen-bond donors (Lipinski definition) is 2. The first kappa shape index (κ1) is 15.5. The van der Waals surface area contributed by atoms with Gasteiger partial charge in [-0.2, -0.15) is 17.9 Å². The Morgan fingerprint density at radius 1 is 1.47 bits per heavy atom. The van der Waals surface area contributed by atoms with Crippen molar-refractivity contribution in [2.75, 3.05) is 0 Å². The van der Waals surface area contributed by atoms with Crippen LogP contribution in [0.2, 0.25) is 0 Å². The summed E-state index contributed by atoms with van der Waals surface area (Å²) in [5.74, 6) is -0.882. The molecule has 108 valence electrons. The number of nitrogens with zero attached hydrogens (tertiary/aromatic N) is 1. The number of aromatic nitrogens is 1. The van der Waals surface area contributed by atoms with Crippen molar-refractivity contribution in [3.05, 3.63) is 18.0 Å². The monoisotopic (exact) mass is 299 g/mol. The number of sulfonamides is 1. The Morgan fingerprint density at radius 3 is 2.37 bits per heavy atom. The van der Waals surface area contributed by atoms with Gasteiger partial charge in [0.2, 0.25) is 10.0 Å². The van der Waals surface area contributed by atoms with Gasteiger partial charge in [0, 0.05) is 13.2 Å². The second kappa shape index (κ2) is 4.85. The molecular formula is C9H12F3N3O3S. The minimum absolute atomic E-state index is 0.125. The van der Waals surface area contributed by atoms with Crippen LogP contribution in [-0.4, -0.2) is 31.1 Å². The van der Waals surface area contributed by atoms with Crippen LogP contribution in [0.4, 0.5) is 13.2 Å². The third-order valence-corrected chi connectivity index (χ3v) is 3.87. The minimum Gasteiger partial charge on any atom is -0.364 e. The molecule has 0 saturated carbocycles. The molecule has 1 amide bonds. The molecule has 10 heteroatoms. The van der Waals surface area contributed by atoms with E-state index in [-0.39, 0.29) is 5.69 Å². The highest BCUT2D eigenvalue weighted by Crippen LogP contribution is 2.22. The molecule has 0 aliphatic heterocycles. The van der Waals surface area contributed by atoms with Crippen molar-refractivity contribution in [1.82, 2.24) is 9.29 Å². The maximum absolute atomic E-state index is 12.3. The number of hydrogen-bond acceptors (Lipinski definition) is 3. The van der Waals surface area contributed by atoms with Crippen LogP contribution in [0.1, 0.15) is 17.4 Å². The van der Waals surface area contributed by atoms with E-state index in [2.05, 4.69) is 0 Å². The first-order valence-corrected chi connectivity index (χ1v) is 6.48. The zero-order valence-corrected chi connectivity index (χ0v) is 10.8. The third kappa shape index (κ3) is 3.47. The zero-order valence-electron chi connectivity index (χ0n) is 10.0. The molecule has 0 aromatic carbocycles. The number of alkyl halides is 3. The van der Waals surface area contributed by atoms with E-state index in [4.69, 9.17) is 5.73 Å². The molecule has 3 N–H and O–H groups in total. The number of primary amides is 1. The highest BCUT2D eigenvalue weighted by atomic mass is 32.2. The van der Waals surface area contributed by atoms with Gasteiger partial charge in [-0.15, -0.1) is 0 Å². The van der Waals surface area contributed by atoms with Gasteiger partial charge in [0.15, 0.2) is 0 Å². The predicted molar refractivity (Wildman–Crippen MR) is 59.8 cm³/mol. The van der Waals surface area contributed by atoms with Gasteiger partial charge in [0.25, 0.3) is 5.91 Å². The van der Waals surface area contributed by atoms with Crippen LogP contribution < -0.4 is 10.5 Å². The fraction of sp³-hybridized carbons (Fsp3) is 0.444. The van der Waals surface area contributed by atoms with Crippen LogP contribution in [0.5, 0.6) is 0 Å². The summed E-state index contributed by atoms with van der Waals surface area (Å²) < 4.78 is 62.9. The van der Waals surface area contributed by atoms with Gasteiger partial charge in [-0.05, 0) is 13.0 Å². The highest BCUT2D eigenvalue weighted by Gasteiger charge is 2.39. The fourth-order valence-electron chi connectivity index (χ4n) is 1.29. The molecule has 0 bridgehead atoms. The van der Waals surface area contributed by atoms with Gasteiger partial charge in [-0.25, -0.2) is 8.42 Å². The summed E-state index contributed by atoms with van der Waals surface area (Å²) in [6, 6.07) is -1.33. The lowest BCUT2D eigenvalue weighted by molar-refractivity contribution is -0.147. The predicted octanol–water partition coefficient (Wildman–Crippen LogP) is 0.353. The number of halogens is 3. The van der Waals surface area contributed by atoms with Crippen molar-refractivity contribution in [3.63, 3.8) is 0 Å². The molecule has 1 aromatic heterocycles. The number of amides is 1. The summed E-state index contributed by atoms with van der Waals surface area (Å²) in [7, 11) is -3.02. The highest BCUT2D eigenvalue weighted by molar-refractivity contribution is 7.89. The summed E-state index contributed by atoms with van der Waals surface area (Å²) >= 11 is 0. The molecule has 0 unspecified atom stereocenters. The van der Waals surface area contributed by atoms with Crippen LogP contribution >= 0.6 is 0 Å². The van der Waals surface area contributed by atoms with Gasteiger partial charge in [0.1, 0.15) is 16.6 Å². The zero-order chi connectivity index (χ0) is 15.0. The molecule has 0 aliphatic carbocycles. The summed E-state index contributed by atoms with van der Waals surface area (Å²) in [6.45, 7) is 0.676.